The monoisotopic (exact) mass is 242 g/mol. The number of nitrogens with zero attached hydrogens (tertiary/aromatic N) is 1. The van der Waals surface area contributed by atoms with E-state index in [2.05, 4.69) is 10.5 Å². The smallest absolute Gasteiger partial charge is 0.414 e. The first-order chi connectivity index (χ1) is 7.70. The van der Waals surface area contributed by atoms with Crippen LogP contribution in [0.1, 0.15) is 36.8 Å². The quantitative estimate of drug-likeness (QED) is 0.822. The molecule has 17 heavy (non-hydrogen) atoms. The van der Waals surface area contributed by atoms with Gasteiger partial charge in [-0.25, -0.2) is 9.59 Å². The third-order valence-electron chi connectivity index (χ3n) is 1.74. The first kappa shape index (κ1) is 13.0. The molecule has 0 saturated heterocycles. The molecule has 7 nitrogen and oxygen atoms in total. The number of hydrogen-bond donors (Lipinski definition) is 2. The Bertz CT molecular complexity index is 444. The van der Waals surface area contributed by atoms with Gasteiger partial charge in [0.2, 0.25) is 5.88 Å². The molecule has 7 heteroatoms. The van der Waals surface area contributed by atoms with Crippen LogP contribution in [0.5, 0.6) is 0 Å². The van der Waals surface area contributed by atoms with Gasteiger partial charge in [0, 0.05) is 5.56 Å². The standard InChI is InChI=1S/C10H14N2O5/c1-5-6(8(13)14)12-17-7(5)11-9(15)16-10(2,3)4/h1-4H3,(H,11,15)(H,13,14). The van der Waals surface area contributed by atoms with Crippen LogP contribution >= 0.6 is 0 Å². The van der Waals surface area contributed by atoms with Crippen LogP contribution in [0.3, 0.4) is 0 Å². The topological polar surface area (TPSA) is 102 Å². The van der Waals surface area contributed by atoms with Crippen LogP contribution in [0.25, 0.3) is 0 Å². The predicted octanol–water partition coefficient (Wildman–Crippen LogP) is 2.03. The summed E-state index contributed by atoms with van der Waals surface area (Å²) in [5, 5.41) is 14.3. The van der Waals surface area contributed by atoms with Crippen LogP contribution in [-0.2, 0) is 4.74 Å². The Hall–Kier alpha value is -2.05. The maximum Gasteiger partial charge on any atom is 0.414 e. The summed E-state index contributed by atoms with van der Waals surface area (Å²) in [4.78, 5) is 22.1. The highest BCUT2D eigenvalue weighted by Crippen LogP contribution is 2.19. The molecule has 0 aliphatic heterocycles. The van der Waals surface area contributed by atoms with Crippen molar-refractivity contribution in [1.29, 1.82) is 0 Å². The molecule has 2 N–H and O–H groups in total. The largest absolute Gasteiger partial charge is 0.476 e. The number of aromatic nitrogens is 1. The van der Waals surface area contributed by atoms with Crippen LogP contribution in [0, 0.1) is 6.92 Å². The molecular formula is C10H14N2O5. The van der Waals surface area contributed by atoms with Gasteiger partial charge in [-0.1, -0.05) is 5.16 Å². The lowest BCUT2D eigenvalue weighted by atomic mass is 10.2. The molecule has 0 aliphatic rings. The predicted molar refractivity (Wildman–Crippen MR) is 58.1 cm³/mol. The van der Waals surface area contributed by atoms with E-state index in [9.17, 15) is 9.59 Å². The Morgan fingerprint density at radius 3 is 2.41 bits per heavy atom. The van der Waals surface area contributed by atoms with E-state index in [0.717, 1.165) is 0 Å². The van der Waals surface area contributed by atoms with Gasteiger partial charge >= 0.3 is 12.1 Å². The number of rotatable bonds is 2. The van der Waals surface area contributed by atoms with E-state index in [1.165, 1.54) is 6.92 Å². The SMILES string of the molecule is Cc1c(C(=O)O)noc1NC(=O)OC(C)(C)C. The molecule has 1 aromatic rings. The summed E-state index contributed by atoms with van der Waals surface area (Å²) in [5.41, 5.74) is -0.646. The summed E-state index contributed by atoms with van der Waals surface area (Å²) in [5.74, 6) is -1.25. The number of hydrogen-bond acceptors (Lipinski definition) is 5. The van der Waals surface area contributed by atoms with Crippen LogP contribution in [0.2, 0.25) is 0 Å². The third kappa shape index (κ3) is 3.47. The van der Waals surface area contributed by atoms with E-state index in [4.69, 9.17) is 14.4 Å². The second-order valence-electron chi connectivity index (χ2n) is 4.42. The first-order valence-corrected chi connectivity index (χ1v) is 4.90. The zero-order chi connectivity index (χ0) is 13.2. The number of ether oxygens (including phenoxy) is 1. The van der Waals surface area contributed by atoms with Gasteiger partial charge in [0.1, 0.15) is 5.60 Å². The fourth-order valence-corrected chi connectivity index (χ4v) is 1.05. The van der Waals surface area contributed by atoms with Crippen molar-refractivity contribution in [2.24, 2.45) is 0 Å². The Morgan fingerprint density at radius 1 is 1.41 bits per heavy atom. The molecule has 1 rings (SSSR count). The highest BCUT2D eigenvalue weighted by atomic mass is 16.6. The van der Waals surface area contributed by atoms with Crippen molar-refractivity contribution in [1.82, 2.24) is 5.16 Å². The molecule has 0 atom stereocenters. The van der Waals surface area contributed by atoms with E-state index >= 15 is 0 Å². The lowest BCUT2D eigenvalue weighted by Crippen LogP contribution is -2.27. The fourth-order valence-electron chi connectivity index (χ4n) is 1.05. The fraction of sp³-hybridized carbons (Fsp3) is 0.500. The number of carboxylic acid groups (broad SMARTS) is 1. The van der Waals surface area contributed by atoms with E-state index in [1.807, 2.05) is 0 Å². The number of aromatic carboxylic acids is 1. The summed E-state index contributed by atoms with van der Waals surface area (Å²) in [6.45, 7) is 6.61. The summed E-state index contributed by atoms with van der Waals surface area (Å²) >= 11 is 0. The number of nitrogens with one attached hydrogen (secondary N) is 1. The van der Waals surface area contributed by atoms with Crippen LogP contribution in [0.4, 0.5) is 10.7 Å². The van der Waals surface area contributed by atoms with Crippen LogP contribution < -0.4 is 5.32 Å². The summed E-state index contributed by atoms with van der Waals surface area (Å²) in [6, 6.07) is 0. The van der Waals surface area contributed by atoms with Crippen molar-refractivity contribution in [2.75, 3.05) is 5.32 Å². The van der Waals surface area contributed by atoms with E-state index in [1.54, 1.807) is 20.8 Å². The number of carboxylic acids is 1. The normalized spacial score (nSPS) is 11.1. The van der Waals surface area contributed by atoms with Gasteiger partial charge in [0.05, 0.1) is 0 Å². The molecule has 0 radical (unpaired) electrons. The molecular weight excluding hydrogens is 228 g/mol. The number of carbonyl (C=O) groups excluding carboxylic acids is 1. The van der Waals surface area contributed by atoms with Crippen molar-refractivity contribution >= 4 is 17.9 Å². The Morgan fingerprint density at radius 2 is 2.00 bits per heavy atom. The summed E-state index contributed by atoms with van der Waals surface area (Å²) in [7, 11) is 0. The Labute approximate surface area is 97.7 Å². The Kier molecular flexibility index (Phi) is 3.40. The van der Waals surface area contributed by atoms with Gasteiger partial charge in [0.25, 0.3) is 0 Å². The molecule has 0 fully saturated rings. The van der Waals surface area contributed by atoms with Crippen LogP contribution in [0.15, 0.2) is 4.52 Å². The second-order valence-corrected chi connectivity index (χ2v) is 4.42. The molecule has 94 valence electrons. The van der Waals surface area contributed by atoms with E-state index in [-0.39, 0.29) is 17.1 Å². The lowest BCUT2D eigenvalue weighted by Gasteiger charge is -2.18. The second kappa shape index (κ2) is 4.44. The highest BCUT2D eigenvalue weighted by molar-refractivity contribution is 5.91. The molecule has 1 amide bonds. The molecule has 0 aliphatic carbocycles. The molecule has 0 unspecified atom stereocenters. The zero-order valence-electron chi connectivity index (χ0n) is 10.0. The van der Waals surface area contributed by atoms with Gasteiger partial charge in [0.15, 0.2) is 5.69 Å². The third-order valence-corrected chi connectivity index (χ3v) is 1.74. The minimum Gasteiger partial charge on any atom is -0.476 e. The zero-order valence-corrected chi connectivity index (χ0v) is 10.0. The van der Waals surface area contributed by atoms with Crippen molar-refractivity contribution in [3.05, 3.63) is 11.3 Å². The van der Waals surface area contributed by atoms with Crippen LogP contribution in [-0.4, -0.2) is 27.9 Å². The number of anilines is 1. The molecule has 1 heterocycles. The molecule has 0 bridgehead atoms. The van der Waals surface area contributed by atoms with E-state index in [0.29, 0.717) is 0 Å². The van der Waals surface area contributed by atoms with Crippen molar-refractivity contribution in [3.63, 3.8) is 0 Å². The highest BCUT2D eigenvalue weighted by Gasteiger charge is 2.22. The van der Waals surface area contributed by atoms with Gasteiger partial charge in [-0.05, 0) is 27.7 Å². The molecule has 0 saturated carbocycles. The maximum absolute atomic E-state index is 11.4. The van der Waals surface area contributed by atoms with Gasteiger partial charge in [-0.2, -0.15) is 0 Å². The Balaban J connectivity index is 2.76. The molecule has 1 aromatic heterocycles. The van der Waals surface area contributed by atoms with Crippen molar-refractivity contribution in [2.45, 2.75) is 33.3 Å². The van der Waals surface area contributed by atoms with Crippen molar-refractivity contribution in [3.8, 4) is 0 Å². The minimum absolute atomic E-state index is 0.0309. The average molecular weight is 242 g/mol. The van der Waals surface area contributed by atoms with E-state index < -0.39 is 17.7 Å². The van der Waals surface area contributed by atoms with Gasteiger partial charge < -0.3 is 14.4 Å². The number of amides is 1. The van der Waals surface area contributed by atoms with Gasteiger partial charge in [-0.3, -0.25) is 5.32 Å². The summed E-state index contributed by atoms with van der Waals surface area (Å²) in [6.07, 6.45) is -0.728. The average Bonchev–Trinajstić information content (AvgIpc) is 2.44. The lowest BCUT2D eigenvalue weighted by molar-refractivity contribution is 0.0630. The summed E-state index contributed by atoms with van der Waals surface area (Å²) < 4.78 is 9.68. The number of carbonyl (C=O) groups is 2. The maximum atomic E-state index is 11.4. The molecule has 0 aromatic carbocycles. The van der Waals surface area contributed by atoms with Gasteiger partial charge in [-0.15, -0.1) is 0 Å². The minimum atomic E-state index is -1.22. The molecule has 0 spiro atoms. The van der Waals surface area contributed by atoms with Crippen molar-refractivity contribution < 1.29 is 24.0 Å². The first-order valence-electron chi connectivity index (χ1n) is 4.90.